The number of carbonyl (C=O) groups is 3. The fourth-order valence-electron chi connectivity index (χ4n) is 1.66. The van der Waals surface area contributed by atoms with Gasteiger partial charge < -0.3 is 15.8 Å². The molecule has 0 radical (unpaired) electrons. The maximum atomic E-state index is 11.9. The van der Waals surface area contributed by atoms with Gasteiger partial charge in [-0.2, -0.15) is 0 Å². The van der Waals surface area contributed by atoms with E-state index in [9.17, 15) is 14.4 Å². The molecule has 0 heterocycles. The summed E-state index contributed by atoms with van der Waals surface area (Å²) in [5.41, 5.74) is 5.04. The highest BCUT2D eigenvalue weighted by Gasteiger charge is 2.24. The van der Waals surface area contributed by atoms with Crippen LogP contribution in [0.2, 0.25) is 0 Å². The fourth-order valence-corrected chi connectivity index (χ4v) is 1.66. The average molecular weight is 384 g/mol. The molecule has 26 heavy (non-hydrogen) atoms. The van der Waals surface area contributed by atoms with Crippen molar-refractivity contribution >= 4 is 17.8 Å². The number of nitrogens with two attached hydrogens (primary N) is 1. The van der Waals surface area contributed by atoms with E-state index in [0.29, 0.717) is 12.8 Å². The van der Waals surface area contributed by atoms with Crippen LogP contribution in [0, 0.1) is 0 Å². The molecule has 1 unspecified atom stereocenters. The van der Waals surface area contributed by atoms with Gasteiger partial charge in [-0.15, -0.1) is 0 Å². The van der Waals surface area contributed by atoms with Crippen molar-refractivity contribution in [2.75, 3.05) is 19.8 Å². The van der Waals surface area contributed by atoms with Crippen molar-refractivity contribution in [2.24, 2.45) is 5.73 Å². The molecule has 0 bridgehead atoms. The van der Waals surface area contributed by atoms with Crippen molar-refractivity contribution in [1.82, 2.24) is 16.1 Å². The smallest absolute Gasteiger partial charge is 0.329 e. The number of carbonyl (C=O) groups excluding carboxylic acids is 3. The molecule has 2 amide bonds. The predicted molar refractivity (Wildman–Crippen MR) is 77.9 cm³/mol. The highest BCUT2D eigenvalue weighted by atomic mass is 17.1. The van der Waals surface area contributed by atoms with Gasteiger partial charge in [-0.1, -0.05) is 0 Å². The number of amides is 2. The van der Waals surface area contributed by atoms with Crippen LogP contribution in [0.4, 0.5) is 0 Å². The number of nitrogens with one attached hydrogen (secondary N) is 1. The second-order valence-electron chi connectivity index (χ2n) is 4.94. The van der Waals surface area contributed by atoms with Crippen molar-refractivity contribution in [2.45, 2.75) is 38.1 Å². The third-order valence-electron chi connectivity index (χ3n) is 2.77. The Kier molecular flexibility index (Phi) is 13.2. The van der Waals surface area contributed by atoms with Crippen molar-refractivity contribution in [3.63, 3.8) is 0 Å². The van der Waals surface area contributed by atoms with E-state index in [-0.39, 0.29) is 32.7 Å². The molecular formula is C12H24N4O10. The van der Waals surface area contributed by atoms with Gasteiger partial charge in [-0.25, -0.2) is 4.79 Å². The Morgan fingerprint density at radius 2 is 1.46 bits per heavy atom. The van der Waals surface area contributed by atoms with Crippen LogP contribution in [-0.4, -0.2) is 75.3 Å². The Hall–Kier alpha value is -1.91. The lowest BCUT2D eigenvalue weighted by atomic mass is 10.2. The lowest BCUT2D eigenvalue weighted by molar-refractivity contribution is -0.492. The molecule has 0 aliphatic rings. The molecule has 0 fully saturated rings. The molecule has 1 atom stereocenters. The van der Waals surface area contributed by atoms with E-state index in [2.05, 4.69) is 15.0 Å². The maximum Gasteiger partial charge on any atom is 0.329 e. The Bertz CT molecular complexity index is 434. The van der Waals surface area contributed by atoms with Crippen molar-refractivity contribution in [3.05, 3.63) is 0 Å². The van der Waals surface area contributed by atoms with E-state index in [1.165, 1.54) is 0 Å². The van der Waals surface area contributed by atoms with Gasteiger partial charge in [0.25, 0.3) is 0 Å². The minimum absolute atomic E-state index is 0.0207. The lowest BCUT2D eigenvalue weighted by Crippen LogP contribution is -2.44. The molecule has 0 rings (SSSR count). The van der Waals surface area contributed by atoms with Crippen LogP contribution in [0.1, 0.15) is 32.1 Å². The average Bonchev–Trinajstić information content (AvgIpc) is 2.53. The Morgan fingerprint density at radius 3 is 2.00 bits per heavy atom. The molecule has 0 saturated heterocycles. The van der Waals surface area contributed by atoms with Gasteiger partial charge in [0.2, 0.25) is 11.8 Å². The number of hydrogen-bond donors (Lipinski definition) is 6. The minimum atomic E-state index is -1.25. The molecular weight excluding hydrogens is 360 g/mol. The van der Waals surface area contributed by atoms with E-state index in [1.54, 1.807) is 0 Å². The van der Waals surface area contributed by atoms with Gasteiger partial charge in [0.05, 0.1) is 37.0 Å². The van der Waals surface area contributed by atoms with Crippen LogP contribution in [0.15, 0.2) is 0 Å². The topological polar surface area (TPSA) is 204 Å². The van der Waals surface area contributed by atoms with E-state index < -0.39 is 41.0 Å². The highest BCUT2D eigenvalue weighted by molar-refractivity contribution is 5.88. The fraction of sp³-hybridized carbons (Fsp3) is 0.750. The summed E-state index contributed by atoms with van der Waals surface area (Å²) in [6.07, 6.45) is 0.258. The lowest BCUT2D eigenvalue weighted by Gasteiger charge is -2.16. The summed E-state index contributed by atoms with van der Waals surface area (Å²) in [6, 6.07) is -1.25. The largest absolute Gasteiger partial charge is 0.464 e. The summed E-state index contributed by atoms with van der Waals surface area (Å²) in [5, 5.41) is 34.6. The molecule has 0 aromatic carbocycles. The van der Waals surface area contributed by atoms with Gasteiger partial charge in [0.15, 0.2) is 0 Å². The van der Waals surface area contributed by atoms with Crippen LogP contribution >= 0.6 is 0 Å². The van der Waals surface area contributed by atoms with E-state index in [4.69, 9.17) is 31.3 Å². The monoisotopic (exact) mass is 384 g/mol. The molecule has 0 spiro atoms. The summed E-state index contributed by atoms with van der Waals surface area (Å²) in [7, 11) is 0. The van der Waals surface area contributed by atoms with Crippen LogP contribution in [0.5, 0.6) is 0 Å². The third-order valence-corrected chi connectivity index (χ3v) is 2.77. The van der Waals surface area contributed by atoms with E-state index >= 15 is 0 Å². The zero-order valence-electron chi connectivity index (χ0n) is 13.9. The molecule has 14 nitrogen and oxygen atoms in total. The third kappa shape index (κ3) is 14.4. The number of rotatable bonds is 15. The number of unbranched alkanes of at least 4 members (excludes halogenated alkanes) is 1. The molecule has 152 valence electrons. The summed E-state index contributed by atoms with van der Waals surface area (Å²) in [4.78, 5) is 43.2. The molecule has 0 aliphatic carbocycles. The Morgan fingerprint density at radius 1 is 0.923 bits per heavy atom. The van der Waals surface area contributed by atoms with Gasteiger partial charge >= 0.3 is 5.97 Å². The highest BCUT2D eigenvalue weighted by Crippen LogP contribution is 2.01. The maximum absolute atomic E-state index is 11.9. The molecule has 7 N–H and O–H groups in total. The van der Waals surface area contributed by atoms with Gasteiger partial charge in [-0.05, 0) is 19.3 Å². The zero-order chi connectivity index (χ0) is 19.9. The van der Waals surface area contributed by atoms with Crippen LogP contribution in [-0.2, 0) is 28.8 Å². The van der Waals surface area contributed by atoms with Crippen molar-refractivity contribution < 1.29 is 49.6 Å². The quantitative estimate of drug-likeness (QED) is 0.108. The first kappa shape index (κ1) is 24.1. The van der Waals surface area contributed by atoms with Crippen LogP contribution in [0.25, 0.3) is 0 Å². The minimum Gasteiger partial charge on any atom is -0.464 e. The number of hydrogen-bond acceptors (Lipinski definition) is 12. The van der Waals surface area contributed by atoms with E-state index in [1.807, 2.05) is 0 Å². The summed E-state index contributed by atoms with van der Waals surface area (Å²) in [6.45, 7) is -0.222. The van der Waals surface area contributed by atoms with Crippen molar-refractivity contribution in [1.29, 1.82) is 0 Å². The normalized spacial score (nSPS) is 12.2. The standard InChI is InChI=1S/C12H24N4O10/c13-10(17)8-9(14-11(18)4-3-7-26-16(22)23)12(19)24-5-1-2-6-25-15(20)21/h9,20-23H,1-8H2,(H2,13,17)(H,14,18). The molecule has 14 heteroatoms. The number of nitrogens with zero attached hydrogens (tertiary/aromatic N) is 2. The van der Waals surface area contributed by atoms with Crippen LogP contribution in [0.3, 0.4) is 0 Å². The SMILES string of the molecule is NC(=O)CC(NC(=O)CCCON(O)O)C(=O)OCCCCON(O)O. The van der Waals surface area contributed by atoms with E-state index in [0.717, 1.165) is 0 Å². The van der Waals surface area contributed by atoms with Gasteiger partial charge in [0, 0.05) is 6.42 Å². The molecule has 0 saturated carbocycles. The van der Waals surface area contributed by atoms with Gasteiger partial charge in [-0.3, -0.25) is 40.1 Å². The molecule has 0 aromatic rings. The first-order valence-electron chi connectivity index (χ1n) is 7.58. The molecule has 0 aliphatic heterocycles. The Labute approximate surface area is 148 Å². The summed E-state index contributed by atoms with van der Waals surface area (Å²) >= 11 is 0. The first-order valence-corrected chi connectivity index (χ1v) is 7.58. The van der Waals surface area contributed by atoms with Crippen molar-refractivity contribution in [3.8, 4) is 0 Å². The zero-order valence-corrected chi connectivity index (χ0v) is 13.9. The number of ether oxygens (including phenoxy) is 1. The van der Waals surface area contributed by atoms with Crippen LogP contribution < -0.4 is 11.1 Å². The predicted octanol–water partition coefficient (Wildman–Crippen LogP) is -1.53. The summed E-state index contributed by atoms with van der Waals surface area (Å²) in [5.74, 6) is -2.25. The second-order valence-corrected chi connectivity index (χ2v) is 4.94. The van der Waals surface area contributed by atoms with Gasteiger partial charge in [0.1, 0.15) is 6.04 Å². The summed E-state index contributed by atoms with van der Waals surface area (Å²) < 4.78 is 4.92. The Balaban J connectivity index is 4.17. The number of esters is 1. The first-order chi connectivity index (χ1) is 12.2. The molecule has 0 aromatic heterocycles. The number of primary amides is 1. The second kappa shape index (κ2) is 14.3.